The minimum atomic E-state index is 0.371. The van der Waals surface area contributed by atoms with E-state index in [-0.39, 0.29) is 0 Å². The number of nitrogens with zero attached hydrogens (tertiary/aromatic N) is 4. The molecular formula is C4H8N6. The van der Waals surface area contributed by atoms with Gasteiger partial charge in [-0.25, -0.2) is 0 Å². The van der Waals surface area contributed by atoms with E-state index in [0.29, 0.717) is 12.0 Å². The van der Waals surface area contributed by atoms with Gasteiger partial charge in [-0.15, -0.1) is 4.79 Å². The van der Waals surface area contributed by atoms with Crippen LogP contribution in [0.4, 0.5) is 5.95 Å². The van der Waals surface area contributed by atoms with Crippen molar-refractivity contribution in [3.63, 3.8) is 0 Å². The lowest BCUT2D eigenvalue weighted by molar-refractivity contribution is 0.602. The summed E-state index contributed by atoms with van der Waals surface area (Å²) in [5.74, 6) is 0.679. The van der Waals surface area contributed by atoms with Gasteiger partial charge in [-0.05, 0) is 17.4 Å². The molecule has 0 saturated carbocycles. The number of hydrogen-bond acceptors (Lipinski definition) is 5. The number of anilines is 1. The molecule has 2 N–H and O–H groups in total. The molecule has 1 aromatic rings. The highest BCUT2D eigenvalue weighted by atomic mass is 15.7. The van der Waals surface area contributed by atoms with E-state index in [1.807, 2.05) is 0 Å². The molecule has 6 heteroatoms. The van der Waals surface area contributed by atoms with Gasteiger partial charge in [0.1, 0.15) is 0 Å². The van der Waals surface area contributed by atoms with Gasteiger partial charge >= 0.3 is 0 Å². The molecular weight excluding hydrogens is 132 g/mol. The van der Waals surface area contributed by atoms with Crippen LogP contribution in [0.1, 0.15) is 6.92 Å². The van der Waals surface area contributed by atoms with Crippen LogP contribution in [-0.4, -0.2) is 32.9 Å². The maximum atomic E-state index is 3.72. The van der Waals surface area contributed by atoms with Gasteiger partial charge < -0.3 is 10.7 Å². The number of fused-ring (bicyclic) bond motifs is 1. The fourth-order valence-electron chi connectivity index (χ4n) is 0.883. The highest BCUT2D eigenvalue weighted by Gasteiger charge is 2.13. The molecule has 1 aromatic heterocycles. The molecule has 1 aliphatic rings. The summed E-state index contributed by atoms with van der Waals surface area (Å²) in [7, 11) is 0. The van der Waals surface area contributed by atoms with Gasteiger partial charge in [-0.2, -0.15) is 0 Å². The molecule has 0 saturated heterocycles. The van der Waals surface area contributed by atoms with Gasteiger partial charge in [0.05, 0.1) is 6.04 Å². The fourth-order valence-corrected chi connectivity index (χ4v) is 0.883. The molecule has 2 heterocycles. The summed E-state index contributed by atoms with van der Waals surface area (Å²) in [4.78, 5) is 1.54. The zero-order valence-corrected chi connectivity index (χ0v) is 5.57. The summed E-state index contributed by atoms with van der Waals surface area (Å²) in [6.07, 6.45) is 0. The zero-order valence-electron chi connectivity index (χ0n) is 5.57. The third kappa shape index (κ3) is 0.687. The molecule has 1 unspecified atom stereocenters. The number of aromatic nitrogens is 4. The van der Waals surface area contributed by atoms with E-state index in [1.54, 1.807) is 0 Å². The first kappa shape index (κ1) is 5.45. The highest BCUT2D eigenvalue weighted by molar-refractivity contribution is 5.26. The fraction of sp³-hybridized carbons (Fsp3) is 0.750. The van der Waals surface area contributed by atoms with E-state index in [1.165, 1.54) is 4.79 Å². The van der Waals surface area contributed by atoms with E-state index < -0.39 is 0 Å². The second kappa shape index (κ2) is 1.83. The normalized spacial score (nSPS) is 22.7. The van der Waals surface area contributed by atoms with E-state index in [4.69, 9.17) is 0 Å². The Morgan fingerprint density at radius 2 is 2.60 bits per heavy atom. The van der Waals surface area contributed by atoms with Crippen molar-refractivity contribution in [3.8, 4) is 0 Å². The molecule has 1 atom stereocenters. The van der Waals surface area contributed by atoms with Crippen LogP contribution < -0.4 is 10.7 Å². The van der Waals surface area contributed by atoms with Crippen LogP contribution >= 0.6 is 0 Å². The van der Waals surface area contributed by atoms with Crippen molar-refractivity contribution < 1.29 is 0 Å². The van der Waals surface area contributed by atoms with Gasteiger partial charge in [-0.1, -0.05) is 5.10 Å². The number of tetrazole rings is 1. The molecule has 54 valence electrons. The minimum Gasteiger partial charge on any atom is -0.349 e. The van der Waals surface area contributed by atoms with Crippen molar-refractivity contribution in [1.29, 1.82) is 0 Å². The Kier molecular flexibility index (Phi) is 0.996. The smallest absolute Gasteiger partial charge is 0.262 e. The Balaban J connectivity index is 2.30. The molecule has 0 radical (unpaired) electrons. The molecule has 0 bridgehead atoms. The van der Waals surface area contributed by atoms with Crippen LogP contribution in [0.3, 0.4) is 0 Å². The lowest BCUT2D eigenvalue weighted by Gasteiger charge is -2.20. The summed E-state index contributed by atoms with van der Waals surface area (Å²) in [5.41, 5.74) is 3.06. The van der Waals surface area contributed by atoms with Crippen LogP contribution in [0.5, 0.6) is 0 Å². The number of rotatable bonds is 0. The van der Waals surface area contributed by atoms with Crippen LogP contribution in [0.15, 0.2) is 0 Å². The maximum Gasteiger partial charge on any atom is 0.262 e. The number of nitrogens with one attached hydrogen (secondary N) is 2. The molecule has 0 fully saturated rings. The monoisotopic (exact) mass is 140 g/mol. The first-order valence-corrected chi connectivity index (χ1v) is 3.15. The molecule has 10 heavy (non-hydrogen) atoms. The molecule has 6 nitrogen and oxygen atoms in total. The van der Waals surface area contributed by atoms with Crippen molar-refractivity contribution in [2.45, 2.75) is 13.0 Å². The first-order valence-electron chi connectivity index (χ1n) is 3.15. The van der Waals surface area contributed by atoms with Gasteiger partial charge in [0.15, 0.2) is 0 Å². The second-order valence-corrected chi connectivity index (χ2v) is 2.33. The van der Waals surface area contributed by atoms with Crippen LogP contribution in [0.25, 0.3) is 0 Å². The largest absolute Gasteiger partial charge is 0.349 e. The Bertz CT molecular complexity index is 229. The molecule has 0 aliphatic carbocycles. The summed E-state index contributed by atoms with van der Waals surface area (Å²) in [5, 5.41) is 13.9. The highest BCUT2D eigenvalue weighted by Crippen LogP contribution is 2.02. The van der Waals surface area contributed by atoms with Crippen LogP contribution in [0.2, 0.25) is 0 Å². The van der Waals surface area contributed by atoms with E-state index in [2.05, 4.69) is 33.2 Å². The predicted molar refractivity (Wildman–Crippen MR) is 35.1 cm³/mol. The van der Waals surface area contributed by atoms with Crippen LogP contribution in [-0.2, 0) is 0 Å². The third-order valence-corrected chi connectivity index (χ3v) is 1.38. The second-order valence-electron chi connectivity index (χ2n) is 2.33. The van der Waals surface area contributed by atoms with Gasteiger partial charge in [0.25, 0.3) is 5.95 Å². The summed E-state index contributed by atoms with van der Waals surface area (Å²) >= 11 is 0. The van der Waals surface area contributed by atoms with Gasteiger partial charge in [-0.3, -0.25) is 0 Å². The van der Waals surface area contributed by atoms with Crippen molar-refractivity contribution in [2.75, 3.05) is 17.3 Å². The van der Waals surface area contributed by atoms with Crippen molar-refractivity contribution >= 4 is 5.95 Å². The van der Waals surface area contributed by atoms with Crippen molar-refractivity contribution in [3.05, 3.63) is 0 Å². The predicted octanol–water partition coefficient (Wildman–Crippen LogP) is -0.969. The first-order chi connectivity index (χ1) is 4.86. The lowest BCUT2D eigenvalue weighted by atomic mass is 10.3. The Morgan fingerprint density at radius 1 is 1.70 bits per heavy atom. The maximum absolute atomic E-state index is 3.72. The molecule has 0 spiro atoms. The third-order valence-electron chi connectivity index (χ3n) is 1.38. The summed E-state index contributed by atoms with van der Waals surface area (Å²) < 4.78 is 0. The van der Waals surface area contributed by atoms with Crippen molar-refractivity contribution in [1.82, 2.24) is 20.3 Å². The Morgan fingerprint density at radius 3 is 3.50 bits per heavy atom. The summed E-state index contributed by atoms with van der Waals surface area (Å²) in [6, 6.07) is 0.371. The Hall–Kier alpha value is -1.33. The quantitative estimate of drug-likeness (QED) is 0.485. The number of hydrogen-bond donors (Lipinski definition) is 2. The SMILES string of the molecule is CC1CNc2nnnn2N1. The minimum absolute atomic E-state index is 0.371. The van der Waals surface area contributed by atoms with E-state index in [0.717, 1.165) is 6.54 Å². The molecule has 0 aromatic carbocycles. The summed E-state index contributed by atoms with van der Waals surface area (Å²) in [6.45, 7) is 2.91. The molecule has 2 rings (SSSR count). The van der Waals surface area contributed by atoms with Crippen molar-refractivity contribution in [2.24, 2.45) is 0 Å². The average Bonchev–Trinajstić information content (AvgIpc) is 2.33. The zero-order chi connectivity index (χ0) is 6.97. The van der Waals surface area contributed by atoms with Crippen LogP contribution in [0, 0.1) is 0 Å². The lowest BCUT2D eigenvalue weighted by Crippen LogP contribution is -2.38. The van der Waals surface area contributed by atoms with E-state index >= 15 is 0 Å². The average molecular weight is 140 g/mol. The van der Waals surface area contributed by atoms with E-state index in [9.17, 15) is 0 Å². The standard InChI is InChI=1S/C4H8N6/c1-3-2-5-4-6-8-9-10(4)7-3/h3,7H,2H2,1H3,(H,5,6,9). The topological polar surface area (TPSA) is 67.7 Å². The van der Waals surface area contributed by atoms with Gasteiger partial charge in [0, 0.05) is 6.54 Å². The van der Waals surface area contributed by atoms with Gasteiger partial charge in [0.2, 0.25) is 0 Å². The Labute approximate surface area is 57.6 Å². The molecule has 1 aliphatic heterocycles. The molecule has 0 amide bonds.